The summed E-state index contributed by atoms with van der Waals surface area (Å²) in [5.41, 5.74) is 2.58. The molecule has 0 aromatic heterocycles. The van der Waals surface area contributed by atoms with Gasteiger partial charge in [-0.15, -0.1) is 0 Å². The van der Waals surface area contributed by atoms with Crippen molar-refractivity contribution >= 4 is 29.3 Å². The number of anilines is 2. The first-order chi connectivity index (χ1) is 12.4. The molecule has 0 aliphatic carbocycles. The number of fused-ring (bicyclic) bond motifs is 1. The van der Waals surface area contributed by atoms with Crippen LogP contribution < -0.4 is 15.1 Å². The van der Waals surface area contributed by atoms with Crippen LogP contribution in [0.5, 0.6) is 0 Å². The second-order valence-electron chi connectivity index (χ2n) is 6.78. The summed E-state index contributed by atoms with van der Waals surface area (Å²) in [7, 11) is 0. The molecule has 1 aromatic rings. The molecular formula is C19H25N3O4. The van der Waals surface area contributed by atoms with Gasteiger partial charge in [-0.3, -0.25) is 14.5 Å². The van der Waals surface area contributed by atoms with Gasteiger partial charge in [0.1, 0.15) is 6.10 Å². The van der Waals surface area contributed by atoms with Gasteiger partial charge in [0.15, 0.2) is 0 Å². The van der Waals surface area contributed by atoms with Gasteiger partial charge in [0.05, 0.1) is 19.5 Å². The summed E-state index contributed by atoms with van der Waals surface area (Å²) in [6, 6.07) is 5.80. The second-order valence-corrected chi connectivity index (χ2v) is 6.78. The van der Waals surface area contributed by atoms with E-state index in [0.717, 1.165) is 23.4 Å². The van der Waals surface area contributed by atoms with Crippen LogP contribution in [0, 0.1) is 0 Å². The fourth-order valence-corrected chi connectivity index (χ4v) is 3.36. The first-order valence-corrected chi connectivity index (χ1v) is 9.14. The fourth-order valence-electron chi connectivity index (χ4n) is 3.36. The molecule has 3 amide bonds. The third-order valence-electron chi connectivity index (χ3n) is 5.00. The molecule has 0 spiro atoms. The van der Waals surface area contributed by atoms with Crippen molar-refractivity contribution in [3.8, 4) is 0 Å². The molecule has 2 atom stereocenters. The summed E-state index contributed by atoms with van der Waals surface area (Å²) in [4.78, 5) is 39.3. The quantitative estimate of drug-likeness (QED) is 0.845. The largest absolute Gasteiger partial charge is 0.442 e. The van der Waals surface area contributed by atoms with Crippen LogP contribution in [0.15, 0.2) is 18.2 Å². The highest BCUT2D eigenvalue weighted by molar-refractivity contribution is 6.03. The van der Waals surface area contributed by atoms with E-state index in [1.54, 1.807) is 11.8 Å². The van der Waals surface area contributed by atoms with Crippen LogP contribution in [0.2, 0.25) is 0 Å². The number of hydrogen-bond acceptors (Lipinski definition) is 4. The molecule has 1 N–H and O–H groups in total. The number of amides is 3. The Balaban J connectivity index is 1.73. The number of benzene rings is 1. The maximum atomic E-state index is 12.3. The van der Waals surface area contributed by atoms with Crippen molar-refractivity contribution in [3.05, 3.63) is 23.8 Å². The molecule has 1 aromatic carbocycles. The van der Waals surface area contributed by atoms with Crippen molar-refractivity contribution < 1.29 is 19.1 Å². The molecule has 0 bridgehead atoms. The topological polar surface area (TPSA) is 79.0 Å². The van der Waals surface area contributed by atoms with Gasteiger partial charge in [0, 0.05) is 23.8 Å². The van der Waals surface area contributed by atoms with Gasteiger partial charge >= 0.3 is 6.09 Å². The number of cyclic esters (lactones) is 1. The Labute approximate surface area is 153 Å². The zero-order valence-corrected chi connectivity index (χ0v) is 15.4. The van der Waals surface area contributed by atoms with Gasteiger partial charge in [-0.25, -0.2) is 4.79 Å². The first-order valence-electron chi connectivity index (χ1n) is 9.14. The minimum absolute atomic E-state index is 0.0688. The van der Waals surface area contributed by atoms with Crippen molar-refractivity contribution in [3.63, 3.8) is 0 Å². The highest BCUT2D eigenvalue weighted by atomic mass is 16.6. The molecule has 26 heavy (non-hydrogen) atoms. The van der Waals surface area contributed by atoms with Crippen molar-refractivity contribution in [2.45, 2.75) is 52.2 Å². The Morgan fingerprint density at radius 1 is 1.35 bits per heavy atom. The first kappa shape index (κ1) is 18.2. The SMILES string of the molecule is CCC(=O)NCC1CN(c2ccc3c(c2)CC(=O)N3C(C)CC)C(=O)O1. The summed E-state index contributed by atoms with van der Waals surface area (Å²) < 4.78 is 5.34. The average molecular weight is 359 g/mol. The van der Waals surface area contributed by atoms with E-state index < -0.39 is 6.09 Å². The van der Waals surface area contributed by atoms with Gasteiger partial charge in [-0.2, -0.15) is 0 Å². The summed E-state index contributed by atoms with van der Waals surface area (Å²) in [6.07, 6.45) is 0.840. The van der Waals surface area contributed by atoms with Crippen LogP contribution in [-0.2, 0) is 20.7 Å². The lowest BCUT2D eigenvalue weighted by Gasteiger charge is -2.24. The third-order valence-corrected chi connectivity index (χ3v) is 5.00. The van der Waals surface area contributed by atoms with Crippen LogP contribution in [0.1, 0.15) is 39.2 Å². The van der Waals surface area contributed by atoms with E-state index in [4.69, 9.17) is 4.74 Å². The van der Waals surface area contributed by atoms with E-state index in [-0.39, 0.29) is 24.0 Å². The normalized spacial score (nSPS) is 20.2. The molecule has 7 nitrogen and oxygen atoms in total. The minimum atomic E-state index is -0.427. The van der Waals surface area contributed by atoms with E-state index in [1.165, 1.54) is 0 Å². The molecule has 1 saturated heterocycles. The van der Waals surface area contributed by atoms with E-state index >= 15 is 0 Å². The number of nitrogens with one attached hydrogen (secondary N) is 1. The smallest absolute Gasteiger partial charge is 0.414 e. The number of hydrogen-bond donors (Lipinski definition) is 1. The molecule has 0 radical (unpaired) electrons. The number of nitrogens with zero attached hydrogens (tertiary/aromatic N) is 2. The monoisotopic (exact) mass is 359 g/mol. The Kier molecular flexibility index (Phi) is 5.15. The Morgan fingerprint density at radius 2 is 2.12 bits per heavy atom. The van der Waals surface area contributed by atoms with Crippen LogP contribution >= 0.6 is 0 Å². The van der Waals surface area contributed by atoms with Gasteiger partial charge in [0.25, 0.3) is 0 Å². The van der Waals surface area contributed by atoms with E-state index in [2.05, 4.69) is 12.2 Å². The predicted molar refractivity (Wildman–Crippen MR) is 98.3 cm³/mol. The molecule has 2 aliphatic heterocycles. The van der Waals surface area contributed by atoms with E-state index in [9.17, 15) is 14.4 Å². The molecule has 2 unspecified atom stereocenters. The standard InChI is InChI=1S/C19H25N3O4/c1-4-12(3)22-16-7-6-14(8-13(16)9-18(22)24)21-11-15(26-19(21)25)10-20-17(23)5-2/h6-8,12,15H,4-5,9-11H2,1-3H3,(H,20,23). The van der Waals surface area contributed by atoms with Gasteiger partial charge in [0.2, 0.25) is 11.8 Å². The minimum Gasteiger partial charge on any atom is -0.442 e. The number of rotatable bonds is 6. The zero-order chi connectivity index (χ0) is 18.8. The van der Waals surface area contributed by atoms with Crippen molar-refractivity contribution in [2.24, 2.45) is 0 Å². The Hall–Kier alpha value is -2.57. The van der Waals surface area contributed by atoms with Crippen LogP contribution in [0.4, 0.5) is 16.2 Å². The maximum absolute atomic E-state index is 12.3. The number of ether oxygens (including phenoxy) is 1. The van der Waals surface area contributed by atoms with Gasteiger partial charge < -0.3 is 15.0 Å². The van der Waals surface area contributed by atoms with Gasteiger partial charge in [-0.05, 0) is 37.1 Å². The molecule has 3 rings (SSSR count). The Morgan fingerprint density at radius 3 is 2.81 bits per heavy atom. The summed E-state index contributed by atoms with van der Waals surface area (Å²) in [6.45, 7) is 6.55. The van der Waals surface area contributed by atoms with Crippen LogP contribution in [0.3, 0.4) is 0 Å². The molecule has 1 fully saturated rings. The molecule has 2 aliphatic rings. The summed E-state index contributed by atoms with van der Waals surface area (Å²) >= 11 is 0. The lowest BCUT2D eigenvalue weighted by atomic mass is 10.1. The second kappa shape index (κ2) is 7.35. The van der Waals surface area contributed by atoms with Crippen molar-refractivity contribution in [1.29, 1.82) is 0 Å². The maximum Gasteiger partial charge on any atom is 0.414 e. The molecule has 140 valence electrons. The number of carbonyl (C=O) groups excluding carboxylic acids is 3. The Bertz CT molecular complexity index is 733. The van der Waals surface area contributed by atoms with E-state index in [1.807, 2.05) is 30.0 Å². The highest BCUT2D eigenvalue weighted by Crippen LogP contribution is 2.35. The summed E-state index contributed by atoms with van der Waals surface area (Å²) in [5.74, 6) is 0.0244. The lowest BCUT2D eigenvalue weighted by Crippen LogP contribution is -2.35. The predicted octanol–water partition coefficient (Wildman–Crippen LogP) is 2.23. The van der Waals surface area contributed by atoms with E-state index in [0.29, 0.717) is 25.9 Å². The van der Waals surface area contributed by atoms with Crippen molar-refractivity contribution in [2.75, 3.05) is 22.9 Å². The fraction of sp³-hybridized carbons (Fsp3) is 0.526. The zero-order valence-electron chi connectivity index (χ0n) is 15.4. The third kappa shape index (κ3) is 3.38. The molecule has 2 heterocycles. The van der Waals surface area contributed by atoms with Crippen LogP contribution in [-0.4, -0.2) is 43.1 Å². The summed E-state index contributed by atoms with van der Waals surface area (Å²) in [5, 5.41) is 2.74. The average Bonchev–Trinajstić information content (AvgIpc) is 3.17. The van der Waals surface area contributed by atoms with Crippen molar-refractivity contribution in [1.82, 2.24) is 5.32 Å². The molecule has 0 saturated carbocycles. The lowest BCUT2D eigenvalue weighted by molar-refractivity contribution is -0.121. The number of carbonyl (C=O) groups is 3. The van der Waals surface area contributed by atoms with Gasteiger partial charge in [-0.1, -0.05) is 13.8 Å². The molecular weight excluding hydrogens is 334 g/mol. The molecule has 7 heteroatoms. The highest BCUT2D eigenvalue weighted by Gasteiger charge is 2.35. The van der Waals surface area contributed by atoms with Crippen LogP contribution in [0.25, 0.3) is 0 Å².